The fourth-order valence-electron chi connectivity index (χ4n) is 3.10. The van der Waals surface area contributed by atoms with E-state index in [2.05, 4.69) is 23.6 Å². The normalized spacial score (nSPS) is 21.6. The van der Waals surface area contributed by atoms with E-state index in [1.165, 1.54) is 6.07 Å². The highest BCUT2D eigenvalue weighted by Gasteiger charge is 2.27. The molecule has 112 valence electrons. The zero-order chi connectivity index (χ0) is 14.5. The zero-order valence-electron chi connectivity index (χ0n) is 12.4. The van der Waals surface area contributed by atoms with E-state index in [4.69, 9.17) is 0 Å². The molecule has 2 rings (SSSR count). The van der Waals surface area contributed by atoms with Crippen molar-refractivity contribution in [2.24, 2.45) is 0 Å². The number of β-amino-alcohol motifs (C(OH)–C–C–N with tert-alkyl or cyclic N) is 1. The van der Waals surface area contributed by atoms with Gasteiger partial charge in [0, 0.05) is 24.7 Å². The van der Waals surface area contributed by atoms with Crippen molar-refractivity contribution in [1.82, 2.24) is 9.80 Å². The topological polar surface area (TPSA) is 26.7 Å². The Morgan fingerprint density at radius 1 is 1.35 bits per heavy atom. The van der Waals surface area contributed by atoms with Gasteiger partial charge >= 0.3 is 0 Å². The van der Waals surface area contributed by atoms with Crippen LogP contribution in [0.25, 0.3) is 0 Å². The molecular weight excluding hydrogens is 255 g/mol. The number of aliphatic hydroxyl groups excluding tert-OH is 1. The Morgan fingerprint density at radius 3 is 2.70 bits per heavy atom. The van der Waals surface area contributed by atoms with Gasteiger partial charge in [-0.1, -0.05) is 32.0 Å². The van der Waals surface area contributed by atoms with Gasteiger partial charge in [-0.2, -0.15) is 0 Å². The van der Waals surface area contributed by atoms with Crippen LogP contribution in [0.4, 0.5) is 4.39 Å². The molecule has 0 aliphatic carbocycles. The Morgan fingerprint density at radius 2 is 2.05 bits per heavy atom. The number of aliphatic hydroxyl groups is 1. The Kier molecular flexibility index (Phi) is 5.52. The number of nitrogens with zero attached hydrogens (tertiary/aromatic N) is 2. The minimum absolute atomic E-state index is 0.320. The fraction of sp³-hybridized carbons (Fsp3) is 0.625. The second-order valence-electron chi connectivity index (χ2n) is 5.46. The molecule has 2 unspecified atom stereocenters. The summed E-state index contributed by atoms with van der Waals surface area (Å²) in [5, 5.41) is 10.2. The number of hydrogen-bond donors (Lipinski definition) is 1. The monoisotopic (exact) mass is 280 g/mol. The maximum atomic E-state index is 13.6. The summed E-state index contributed by atoms with van der Waals surface area (Å²) in [6, 6.07) is 7.05. The van der Waals surface area contributed by atoms with Gasteiger partial charge in [-0.15, -0.1) is 0 Å². The first-order valence-corrected chi connectivity index (χ1v) is 7.54. The summed E-state index contributed by atoms with van der Waals surface area (Å²) >= 11 is 0. The zero-order valence-corrected chi connectivity index (χ0v) is 12.4. The number of benzene rings is 1. The average Bonchev–Trinajstić information content (AvgIpc) is 2.89. The summed E-state index contributed by atoms with van der Waals surface area (Å²) in [5.41, 5.74) is 0.402. The van der Waals surface area contributed by atoms with Crippen LogP contribution in [0.3, 0.4) is 0 Å². The largest absolute Gasteiger partial charge is 0.387 e. The molecule has 1 aliphatic rings. The molecule has 0 bridgehead atoms. The van der Waals surface area contributed by atoms with Crippen LogP contribution in [0.2, 0.25) is 0 Å². The van der Waals surface area contributed by atoms with E-state index in [-0.39, 0.29) is 5.82 Å². The molecule has 0 amide bonds. The number of halogens is 1. The predicted molar refractivity (Wildman–Crippen MR) is 79.1 cm³/mol. The van der Waals surface area contributed by atoms with Crippen LogP contribution in [0.1, 0.15) is 31.9 Å². The summed E-state index contributed by atoms with van der Waals surface area (Å²) in [6.07, 6.45) is 0.387. The van der Waals surface area contributed by atoms with Gasteiger partial charge < -0.3 is 5.11 Å². The van der Waals surface area contributed by atoms with Crippen molar-refractivity contribution in [2.75, 3.05) is 32.7 Å². The smallest absolute Gasteiger partial charge is 0.129 e. The first-order valence-electron chi connectivity index (χ1n) is 7.54. The average molecular weight is 280 g/mol. The van der Waals surface area contributed by atoms with Crippen molar-refractivity contribution < 1.29 is 9.50 Å². The molecule has 20 heavy (non-hydrogen) atoms. The summed E-state index contributed by atoms with van der Waals surface area (Å²) < 4.78 is 13.6. The summed E-state index contributed by atoms with van der Waals surface area (Å²) in [7, 11) is 0. The van der Waals surface area contributed by atoms with E-state index in [1.54, 1.807) is 18.2 Å². The van der Waals surface area contributed by atoms with Gasteiger partial charge in [0.05, 0.1) is 6.10 Å². The molecule has 1 heterocycles. The van der Waals surface area contributed by atoms with Gasteiger partial charge in [0.15, 0.2) is 0 Å². The SMILES string of the molecule is CCN(CC)C1CCN(CC(O)c2ccccc2F)C1. The lowest BCUT2D eigenvalue weighted by atomic mass is 10.1. The summed E-state index contributed by atoms with van der Waals surface area (Å²) in [5.74, 6) is -0.320. The highest BCUT2D eigenvalue weighted by Crippen LogP contribution is 2.21. The summed E-state index contributed by atoms with van der Waals surface area (Å²) in [6.45, 7) is 8.94. The third-order valence-electron chi connectivity index (χ3n) is 4.27. The van der Waals surface area contributed by atoms with Crippen molar-refractivity contribution in [3.05, 3.63) is 35.6 Å². The van der Waals surface area contributed by atoms with Crippen molar-refractivity contribution in [3.8, 4) is 0 Å². The molecule has 2 atom stereocenters. The quantitative estimate of drug-likeness (QED) is 0.866. The predicted octanol–water partition coefficient (Wildman–Crippen LogP) is 2.28. The van der Waals surface area contributed by atoms with E-state index in [0.717, 1.165) is 32.6 Å². The maximum absolute atomic E-state index is 13.6. The van der Waals surface area contributed by atoms with Crippen molar-refractivity contribution in [1.29, 1.82) is 0 Å². The van der Waals surface area contributed by atoms with Gasteiger partial charge in [-0.3, -0.25) is 9.80 Å². The maximum Gasteiger partial charge on any atom is 0.129 e. The minimum Gasteiger partial charge on any atom is -0.387 e. The van der Waals surface area contributed by atoms with Crippen LogP contribution in [0.15, 0.2) is 24.3 Å². The lowest BCUT2D eigenvalue weighted by Gasteiger charge is -2.26. The lowest BCUT2D eigenvalue weighted by molar-refractivity contribution is 0.116. The number of likely N-dealkylation sites (N-methyl/N-ethyl adjacent to an activating group) is 1. The van der Waals surface area contributed by atoms with Crippen LogP contribution in [-0.4, -0.2) is 53.7 Å². The minimum atomic E-state index is -0.744. The Labute approximate surface area is 121 Å². The molecule has 0 spiro atoms. The van der Waals surface area contributed by atoms with Gasteiger partial charge in [0.1, 0.15) is 5.82 Å². The molecule has 1 N–H and O–H groups in total. The van der Waals surface area contributed by atoms with Gasteiger partial charge in [0.25, 0.3) is 0 Å². The molecule has 0 radical (unpaired) electrons. The van der Waals surface area contributed by atoms with Crippen molar-refractivity contribution in [3.63, 3.8) is 0 Å². The van der Waals surface area contributed by atoms with Gasteiger partial charge in [0.2, 0.25) is 0 Å². The first-order chi connectivity index (χ1) is 9.65. The molecule has 1 aliphatic heterocycles. The van der Waals surface area contributed by atoms with E-state index >= 15 is 0 Å². The Bertz CT molecular complexity index is 423. The fourth-order valence-corrected chi connectivity index (χ4v) is 3.10. The number of likely N-dealkylation sites (tertiary alicyclic amines) is 1. The molecular formula is C16H25FN2O. The van der Waals surface area contributed by atoms with Crippen LogP contribution < -0.4 is 0 Å². The third-order valence-corrected chi connectivity index (χ3v) is 4.27. The van der Waals surface area contributed by atoms with Crippen molar-refractivity contribution in [2.45, 2.75) is 32.4 Å². The van der Waals surface area contributed by atoms with E-state index in [9.17, 15) is 9.50 Å². The molecule has 0 aromatic heterocycles. The molecule has 1 aromatic carbocycles. The summed E-state index contributed by atoms with van der Waals surface area (Å²) in [4.78, 5) is 4.69. The number of rotatable bonds is 6. The van der Waals surface area contributed by atoms with Crippen LogP contribution in [0.5, 0.6) is 0 Å². The molecule has 1 saturated heterocycles. The molecule has 3 nitrogen and oxygen atoms in total. The van der Waals surface area contributed by atoms with Crippen LogP contribution >= 0.6 is 0 Å². The molecule has 1 fully saturated rings. The number of hydrogen-bond acceptors (Lipinski definition) is 3. The standard InChI is InChI=1S/C16H25FN2O/c1-3-19(4-2)13-9-10-18(11-13)12-16(20)14-7-5-6-8-15(14)17/h5-8,13,16,20H,3-4,9-12H2,1-2H3. The third kappa shape index (κ3) is 3.57. The highest BCUT2D eigenvalue weighted by molar-refractivity contribution is 5.20. The van der Waals surface area contributed by atoms with Crippen LogP contribution in [0, 0.1) is 5.82 Å². The van der Waals surface area contributed by atoms with E-state index in [0.29, 0.717) is 18.2 Å². The Hall–Kier alpha value is -0.970. The first kappa shape index (κ1) is 15.4. The van der Waals surface area contributed by atoms with Crippen molar-refractivity contribution >= 4 is 0 Å². The molecule has 0 saturated carbocycles. The molecule has 1 aromatic rings. The Balaban J connectivity index is 1.90. The second kappa shape index (κ2) is 7.16. The van der Waals surface area contributed by atoms with E-state index < -0.39 is 6.10 Å². The van der Waals surface area contributed by atoms with Gasteiger partial charge in [-0.25, -0.2) is 4.39 Å². The molecule has 4 heteroatoms. The van der Waals surface area contributed by atoms with Gasteiger partial charge in [-0.05, 0) is 32.1 Å². The van der Waals surface area contributed by atoms with Crippen LogP contribution in [-0.2, 0) is 0 Å². The lowest BCUT2D eigenvalue weighted by Crippen LogP contribution is -2.38. The second-order valence-corrected chi connectivity index (χ2v) is 5.46. The van der Waals surface area contributed by atoms with E-state index in [1.807, 2.05) is 0 Å². The highest BCUT2D eigenvalue weighted by atomic mass is 19.1.